The van der Waals surface area contributed by atoms with Gasteiger partial charge in [0.05, 0.1) is 5.92 Å². The Balaban J connectivity index is 2.50. The highest BCUT2D eigenvalue weighted by atomic mass is 16.2. The number of amides is 2. The van der Waals surface area contributed by atoms with E-state index in [1.165, 1.54) is 0 Å². The molecular formula is C12H19N3O2. The molecule has 0 aromatic rings. The van der Waals surface area contributed by atoms with Crippen molar-refractivity contribution in [3.63, 3.8) is 0 Å². The second kappa shape index (κ2) is 6.92. The molecule has 2 amide bonds. The average molecular weight is 237 g/mol. The standard InChI is InChI=1S/C12H19N3O2/c1-2-4-11(16)15-8-3-5-10(9-15)12(17)14-7-6-13/h10H,3,5-9,13H2,1H3,(H,14,17). The zero-order valence-corrected chi connectivity index (χ0v) is 10.2. The second-order valence-corrected chi connectivity index (χ2v) is 4.05. The third kappa shape index (κ3) is 4.08. The molecule has 0 saturated carbocycles. The van der Waals surface area contributed by atoms with Gasteiger partial charge in [-0.15, -0.1) is 0 Å². The highest BCUT2D eigenvalue weighted by Gasteiger charge is 2.27. The van der Waals surface area contributed by atoms with Crippen LogP contribution < -0.4 is 11.1 Å². The lowest BCUT2D eigenvalue weighted by molar-refractivity contribution is -0.131. The highest BCUT2D eigenvalue weighted by Crippen LogP contribution is 2.16. The predicted octanol–water partition coefficient (Wildman–Crippen LogP) is -0.677. The van der Waals surface area contributed by atoms with Gasteiger partial charge in [-0.2, -0.15) is 0 Å². The van der Waals surface area contributed by atoms with Crippen molar-refractivity contribution in [3.05, 3.63) is 0 Å². The zero-order chi connectivity index (χ0) is 12.7. The lowest BCUT2D eigenvalue weighted by atomic mass is 9.97. The van der Waals surface area contributed by atoms with Gasteiger partial charge in [-0.3, -0.25) is 9.59 Å². The lowest BCUT2D eigenvalue weighted by Gasteiger charge is -2.30. The summed E-state index contributed by atoms with van der Waals surface area (Å²) >= 11 is 0. The van der Waals surface area contributed by atoms with Crippen LogP contribution in [-0.4, -0.2) is 42.9 Å². The molecule has 1 saturated heterocycles. The Kier molecular flexibility index (Phi) is 5.50. The summed E-state index contributed by atoms with van der Waals surface area (Å²) in [6, 6.07) is 0. The van der Waals surface area contributed by atoms with Crippen LogP contribution in [0.4, 0.5) is 0 Å². The van der Waals surface area contributed by atoms with Crippen molar-refractivity contribution < 1.29 is 9.59 Å². The minimum Gasteiger partial charge on any atom is -0.355 e. The Morgan fingerprint density at radius 2 is 2.29 bits per heavy atom. The molecule has 0 aromatic heterocycles. The Bertz CT molecular complexity index is 343. The summed E-state index contributed by atoms with van der Waals surface area (Å²) in [5.41, 5.74) is 5.32. The van der Waals surface area contributed by atoms with Gasteiger partial charge in [0.1, 0.15) is 0 Å². The van der Waals surface area contributed by atoms with E-state index in [1.54, 1.807) is 11.8 Å². The Hall–Kier alpha value is -1.54. The Labute approximate surface area is 102 Å². The number of likely N-dealkylation sites (tertiary alicyclic amines) is 1. The summed E-state index contributed by atoms with van der Waals surface area (Å²) < 4.78 is 0. The summed E-state index contributed by atoms with van der Waals surface area (Å²) in [5.74, 6) is 4.75. The van der Waals surface area contributed by atoms with Gasteiger partial charge in [0.15, 0.2) is 0 Å². The van der Waals surface area contributed by atoms with Gasteiger partial charge in [-0.25, -0.2) is 0 Å². The first-order chi connectivity index (χ1) is 8.19. The van der Waals surface area contributed by atoms with Gasteiger partial charge in [-0.1, -0.05) is 5.92 Å². The van der Waals surface area contributed by atoms with Gasteiger partial charge in [0.2, 0.25) is 5.91 Å². The molecule has 1 atom stereocenters. The summed E-state index contributed by atoms with van der Waals surface area (Å²) in [7, 11) is 0. The van der Waals surface area contributed by atoms with Crippen molar-refractivity contribution in [2.45, 2.75) is 19.8 Å². The smallest absolute Gasteiger partial charge is 0.298 e. The first-order valence-electron chi connectivity index (χ1n) is 5.88. The third-order valence-corrected chi connectivity index (χ3v) is 2.75. The molecule has 1 aliphatic rings. The molecule has 3 N–H and O–H groups in total. The predicted molar refractivity (Wildman–Crippen MR) is 64.8 cm³/mol. The van der Waals surface area contributed by atoms with Crippen LogP contribution in [0.3, 0.4) is 0 Å². The molecule has 5 nitrogen and oxygen atoms in total. The molecule has 1 rings (SSSR count). The number of hydrogen-bond acceptors (Lipinski definition) is 3. The van der Waals surface area contributed by atoms with Crippen molar-refractivity contribution in [2.75, 3.05) is 26.2 Å². The van der Waals surface area contributed by atoms with Crippen LogP contribution in [0.25, 0.3) is 0 Å². The molecule has 1 fully saturated rings. The fraction of sp³-hybridized carbons (Fsp3) is 0.667. The maximum Gasteiger partial charge on any atom is 0.298 e. The molecule has 5 heteroatoms. The van der Waals surface area contributed by atoms with Crippen molar-refractivity contribution in [3.8, 4) is 11.8 Å². The molecule has 0 spiro atoms. The fourth-order valence-electron chi connectivity index (χ4n) is 1.90. The number of nitrogens with one attached hydrogen (secondary N) is 1. The van der Waals surface area contributed by atoms with E-state index in [2.05, 4.69) is 17.2 Å². The maximum absolute atomic E-state index is 11.7. The minimum absolute atomic E-state index is 0.0163. The van der Waals surface area contributed by atoms with E-state index >= 15 is 0 Å². The molecule has 0 bridgehead atoms. The normalized spacial score (nSPS) is 19.2. The second-order valence-electron chi connectivity index (χ2n) is 4.05. The third-order valence-electron chi connectivity index (χ3n) is 2.75. The van der Waals surface area contributed by atoms with Gasteiger partial charge >= 0.3 is 0 Å². The molecule has 0 aromatic carbocycles. The Morgan fingerprint density at radius 1 is 1.53 bits per heavy atom. The van der Waals surface area contributed by atoms with E-state index < -0.39 is 0 Å². The summed E-state index contributed by atoms with van der Waals surface area (Å²) in [6.45, 7) is 3.70. The first kappa shape index (κ1) is 13.5. The molecular weight excluding hydrogens is 218 g/mol. The molecule has 1 aliphatic heterocycles. The maximum atomic E-state index is 11.7. The number of carbonyl (C=O) groups excluding carboxylic acids is 2. The van der Waals surface area contributed by atoms with Crippen LogP contribution in [0.15, 0.2) is 0 Å². The first-order valence-corrected chi connectivity index (χ1v) is 5.88. The quantitative estimate of drug-likeness (QED) is 0.639. The summed E-state index contributed by atoms with van der Waals surface area (Å²) in [4.78, 5) is 25.0. The van der Waals surface area contributed by atoms with Gasteiger partial charge in [0.25, 0.3) is 5.91 Å². The largest absolute Gasteiger partial charge is 0.355 e. The van der Waals surface area contributed by atoms with Gasteiger partial charge < -0.3 is 16.0 Å². The Morgan fingerprint density at radius 3 is 2.94 bits per heavy atom. The number of hydrogen-bond donors (Lipinski definition) is 2. The lowest BCUT2D eigenvalue weighted by Crippen LogP contribution is -2.45. The minimum atomic E-state index is -0.191. The van der Waals surface area contributed by atoms with E-state index in [1.807, 2.05) is 0 Å². The zero-order valence-electron chi connectivity index (χ0n) is 10.2. The van der Waals surface area contributed by atoms with Crippen LogP contribution in [0.5, 0.6) is 0 Å². The molecule has 0 aliphatic carbocycles. The van der Waals surface area contributed by atoms with Crippen molar-refractivity contribution >= 4 is 11.8 Å². The van der Waals surface area contributed by atoms with E-state index in [9.17, 15) is 9.59 Å². The van der Waals surface area contributed by atoms with Crippen LogP contribution in [0, 0.1) is 17.8 Å². The van der Waals surface area contributed by atoms with Crippen molar-refractivity contribution in [1.29, 1.82) is 0 Å². The van der Waals surface area contributed by atoms with Crippen LogP contribution in [-0.2, 0) is 9.59 Å². The molecule has 0 radical (unpaired) electrons. The number of nitrogens with two attached hydrogens (primary N) is 1. The summed E-state index contributed by atoms with van der Waals surface area (Å²) in [5, 5.41) is 2.76. The fourth-order valence-corrected chi connectivity index (χ4v) is 1.90. The van der Waals surface area contributed by atoms with Crippen molar-refractivity contribution in [1.82, 2.24) is 10.2 Å². The average Bonchev–Trinajstić information content (AvgIpc) is 2.36. The van der Waals surface area contributed by atoms with E-state index in [-0.39, 0.29) is 17.7 Å². The number of carbonyl (C=O) groups is 2. The molecule has 1 unspecified atom stereocenters. The van der Waals surface area contributed by atoms with E-state index in [0.717, 1.165) is 12.8 Å². The number of nitrogens with zero attached hydrogens (tertiary/aromatic N) is 1. The topological polar surface area (TPSA) is 75.4 Å². The van der Waals surface area contributed by atoms with E-state index in [4.69, 9.17) is 5.73 Å². The summed E-state index contributed by atoms with van der Waals surface area (Å²) in [6.07, 6.45) is 1.66. The van der Waals surface area contributed by atoms with Crippen LogP contribution in [0.2, 0.25) is 0 Å². The van der Waals surface area contributed by atoms with Gasteiger partial charge in [0, 0.05) is 26.2 Å². The highest BCUT2D eigenvalue weighted by molar-refractivity contribution is 5.94. The SMILES string of the molecule is CC#CC(=O)N1CCCC(C(=O)NCCN)C1. The van der Waals surface area contributed by atoms with Crippen molar-refractivity contribution in [2.24, 2.45) is 11.7 Å². The number of rotatable bonds is 3. The molecule has 17 heavy (non-hydrogen) atoms. The van der Waals surface area contributed by atoms with Crippen LogP contribution in [0.1, 0.15) is 19.8 Å². The number of piperidine rings is 1. The monoisotopic (exact) mass is 237 g/mol. The molecule has 1 heterocycles. The molecule has 94 valence electrons. The van der Waals surface area contributed by atoms with E-state index in [0.29, 0.717) is 26.2 Å². The van der Waals surface area contributed by atoms with Gasteiger partial charge in [-0.05, 0) is 25.7 Å². The van der Waals surface area contributed by atoms with Crippen LogP contribution >= 0.6 is 0 Å².